The fourth-order valence-corrected chi connectivity index (χ4v) is 3.30. The second-order valence-corrected chi connectivity index (χ2v) is 7.60. The molecule has 8 nitrogen and oxygen atoms in total. The number of aliphatic imine (C=N–C) groups is 1. The summed E-state index contributed by atoms with van der Waals surface area (Å²) in [6, 6.07) is 7.48. The molecule has 2 heterocycles. The SMILES string of the molecule is C=CCNC(=NCc1nnc(C)n1C)N1CCN(CCOc2ccc(Cl)cc2)CC1. The number of rotatable bonds is 8. The van der Waals surface area contributed by atoms with Crippen molar-refractivity contribution < 1.29 is 4.74 Å². The van der Waals surface area contributed by atoms with E-state index in [1.165, 1.54) is 0 Å². The number of hydrogen-bond donors (Lipinski definition) is 1. The van der Waals surface area contributed by atoms with Gasteiger partial charge in [-0.1, -0.05) is 17.7 Å². The zero-order valence-electron chi connectivity index (χ0n) is 17.7. The van der Waals surface area contributed by atoms with Crippen LogP contribution in [0.3, 0.4) is 0 Å². The molecule has 0 aliphatic carbocycles. The Labute approximate surface area is 183 Å². The van der Waals surface area contributed by atoms with Gasteiger partial charge in [-0.25, -0.2) is 4.99 Å². The first-order valence-electron chi connectivity index (χ1n) is 10.2. The lowest BCUT2D eigenvalue weighted by Gasteiger charge is -2.36. The zero-order valence-corrected chi connectivity index (χ0v) is 18.5. The Bertz CT molecular complexity index is 842. The summed E-state index contributed by atoms with van der Waals surface area (Å²) in [7, 11) is 1.96. The van der Waals surface area contributed by atoms with Crippen LogP contribution >= 0.6 is 11.6 Å². The number of guanidine groups is 1. The second-order valence-electron chi connectivity index (χ2n) is 7.16. The maximum atomic E-state index is 5.91. The maximum absolute atomic E-state index is 5.91. The van der Waals surface area contributed by atoms with Gasteiger partial charge in [0.05, 0.1) is 0 Å². The van der Waals surface area contributed by atoms with Gasteiger partial charge >= 0.3 is 0 Å². The van der Waals surface area contributed by atoms with E-state index in [1.807, 2.05) is 48.9 Å². The highest BCUT2D eigenvalue weighted by Gasteiger charge is 2.19. The lowest BCUT2D eigenvalue weighted by Crippen LogP contribution is -2.53. The maximum Gasteiger partial charge on any atom is 0.194 e. The van der Waals surface area contributed by atoms with Gasteiger partial charge in [0.2, 0.25) is 0 Å². The topological polar surface area (TPSA) is 70.8 Å². The van der Waals surface area contributed by atoms with Crippen molar-refractivity contribution in [3.8, 4) is 5.75 Å². The Hall–Kier alpha value is -2.58. The Morgan fingerprint density at radius 2 is 1.97 bits per heavy atom. The molecule has 30 heavy (non-hydrogen) atoms. The summed E-state index contributed by atoms with van der Waals surface area (Å²) < 4.78 is 7.78. The molecule has 1 aromatic heterocycles. The molecule has 0 amide bonds. The number of aromatic nitrogens is 3. The van der Waals surface area contributed by atoms with Gasteiger partial charge in [-0.15, -0.1) is 16.8 Å². The van der Waals surface area contributed by atoms with Crippen molar-refractivity contribution in [1.29, 1.82) is 0 Å². The molecule has 1 aliphatic rings. The van der Waals surface area contributed by atoms with Crippen LogP contribution in [0.4, 0.5) is 0 Å². The van der Waals surface area contributed by atoms with Crippen molar-refractivity contribution in [3.63, 3.8) is 0 Å². The van der Waals surface area contributed by atoms with E-state index in [0.29, 0.717) is 19.7 Å². The molecule has 3 rings (SSSR count). The first-order valence-corrected chi connectivity index (χ1v) is 10.5. The Morgan fingerprint density at radius 1 is 1.23 bits per heavy atom. The van der Waals surface area contributed by atoms with Gasteiger partial charge in [0.1, 0.15) is 24.7 Å². The van der Waals surface area contributed by atoms with E-state index in [4.69, 9.17) is 21.3 Å². The van der Waals surface area contributed by atoms with E-state index < -0.39 is 0 Å². The van der Waals surface area contributed by atoms with Crippen LogP contribution in [0, 0.1) is 6.92 Å². The van der Waals surface area contributed by atoms with Crippen LogP contribution in [0.2, 0.25) is 5.02 Å². The molecule has 1 N–H and O–H groups in total. The van der Waals surface area contributed by atoms with Crippen molar-refractivity contribution in [3.05, 3.63) is 53.6 Å². The summed E-state index contributed by atoms with van der Waals surface area (Å²) in [5.41, 5.74) is 0. The van der Waals surface area contributed by atoms with Crippen molar-refractivity contribution in [1.82, 2.24) is 29.9 Å². The average molecular weight is 432 g/mol. The van der Waals surface area contributed by atoms with Gasteiger partial charge in [-0.05, 0) is 31.2 Å². The molecule has 0 atom stereocenters. The number of aryl methyl sites for hydroxylation is 1. The summed E-state index contributed by atoms with van der Waals surface area (Å²) in [6.07, 6.45) is 1.84. The molecule has 162 valence electrons. The number of ether oxygens (including phenoxy) is 1. The molecule has 9 heteroatoms. The third-order valence-electron chi connectivity index (χ3n) is 5.12. The van der Waals surface area contributed by atoms with Crippen LogP contribution in [-0.4, -0.2) is 76.4 Å². The first-order chi connectivity index (χ1) is 14.6. The molecule has 1 aromatic carbocycles. The monoisotopic (exact) mass is 431 g/mol. The highest BCUT2D eigenvalue weighted by atomic mass is 35.5. The van der Waals surface area contributed by atoms with Crippen LogP contribution < -0.4 is 10.1 Å². The molecule has 1 fully saturated rings. The highest BCUT2D eigenvalue weighted by Crippen LogP contribution is 2.15. The molecule has 0 unspecified atom stereocenters. The van der Waals surface area contributed by atoms with Crippen molar-refractivity contribution >= 4 is 17.6 Å². The van der Waals surface area contributed by atoms with Crippen molar-refractivity contribution in [2.75, 3.05) is 45.9 Å². The number of hydrogen-bond acceptors (Lipinski definition) is 5. The third kappa shape index (κ3) is 6.21. The number of nitrogens with one attached hydrogen (secondary N) is 1. The van der Waals surface area contributed by atoms with E-state index in [1.54, 1.807) is 0 Å². The summed E-state index contributed by atoms with van der Waals surface area (Å²) in [6.45, 7) is 12.2. The van der Waals surface area contributed by atoms with Crippen molar-refractivity contribution in [2.24, 2.45) is 12.0 Å². The third-order valence-corrected chi connectivity index (χ3v) is 5.37. The molecule has 1 aliphatic heterocycles. The summed E-state index contributed by atoms with van der Waals surface area (Å²) >= 11 is 5.91. The van der Waals surface area contributed by atoms with E-state index >= 15 is 0 Å². The lowest BCUT2D eigenvalue weighted by atomic mass is 10.3. The first kappa shape index (κ1) is 22.1. The fourth-order valence-electron chi connectivity index (χ4n) is 3.17. The Morgan fingerprint density at radius 3 is 2.60 bits per heavy atom. The van der Waals surface area contributed by atoms with Gasteiger partial charge in [0.25, 0.3) is 0 Å². The molecular weight excluding hydrogens is 402 g/mol. The van der Waals surface area contributed by atoms with Crippen LogP contribution in [0.25, 0.3) is 0 Å². The Balaban J connectivity index is 1.48. The predicted molar refractivity (Wildman–Crippen MR) is 120 cm³/mol. The predicted octanol–water partition coefficient (Wildman–Crippen LogP) is 2.11. The minimum atomic E-state index is 0.492. The second kappa shape index (κ2) is 11.0. The number of nitrogens with zero attached hydrogens (tertiary/aromatic N) is 6. The van der Waals surface area contributed by atoms with Crippen LogP contribution in [0.15, 0.2) is 41.9 Å². The lowest BCUT2D eigenvalue weighted by molar-refractivity contribution is 0.152. The van der Waals surface area contributed by atoms with E-state index in [9.17, 15) is 0 Å². The number of halogens is 1. The van der Waals surface area contributed by atoms with E-state index in [0.717, 1.165) is 61.1 Å². The molecule has 2 aromatic rings. The van der Waals surface area contributed by atoms with Crippen LogP contribution in [0.5, 0.6) is 5.75 Å². The van der Waals surface area contributed by atoms with Gasteiger partial charge < -0.3 is 19.5 Å². The normalized spacial score (nSPS) is 15.3. The van der Waals surface area contributed by atoms with E-state index in [2.05, 4.69) is 31.9 Å². The van der Waals surface area contributed by atoms with E-state index in [-0.39, 0.29) is 0 Å². The molecule has 0 spiro atoms. The summed E-state index contributed by atoms with van der Waals surface area (Å²) in [5, 5.41) is 12.4. The minimum absolute atomic E-state index is 0.492. The smallest absolute Gasteiger partial charge is 0.194 e. The standard InChI is InChI=1S/C21H30ClN7O/c1-4-9-23-21(24-16-20-26-25-17(2)27(20)3)29-12-10-28(11-13-29)14-15-30-19-7-5-18(22)6-8-19/h4-8H,1,9-16H2,2-3H3,(H,23,24). The van der Waals surface area contributed by atoms with Gasteiger partial charge in [0, 0.05) is 51.3 Å². The van der Waals surface area contributed by atoms with Crippen molar-refractivity contribution in [2.45, 2.75) is 13.5 Å². The molecule has 0 radical (unpaired) electrons. The van der Waals surface area contributed by atoms with Crippen LogP contribution in [0.1, 0.15) is 11.6 Å². The van der Waals surface area contributed by atoms with Crippen LogP contribution in [-0.2, 0) is 13.6 Å². The quantitative estimate of drug-likeness (QED) is 0.392. The van der Waals surface area contributed by atoms with Gasteiger partial charge in [0.15, 0.2) is 11.8 Å². The highest BCUT2D eigenvalue weighted by molar-refractivity contribution is 6.30. The molecular formula is C21H30ClN7O. The largest absolute Gasteiger partial charge is 0.492 e. The minimum Gasteiger partial charge on any atom is -0.492 e. The number of benzene rings is 1. The van der Waals surface area contributed by atoms with Gasteiger partial charge in [-0.3, -0.25) is 4.90 Å². The zero-order chi connectivity index (χ0) is 21.3. The fraction of sp³-hybridized carbons (Fsp3) is 0.476. The summed E-state index contributed by atoms with van der Waals surface area (Å²) in [4.78, 5) is 9.46. The Kier molecular flexibility index (Phi) is 8.10. The summed E-state index contributed by atoms with van der Waals surface area (Å²) in [5.74, 6) is 3.46. The molecule has 0 saturated carbocycles. The molecule has 0 bridgehead atoms. The number of piperazine rings is 1. The van der Waals surface area contributed by atoms with Gasteiger partial charge in [-0.2, -0.15) is 0 Å². The average Bonchev–Trinajstić information content (AvgIpc) is 3.08. The molecule has 1 saturated heterocycles.